The van der Waals surface area contributed by atoms with E-state index in [1.807, 2.05) is 0 Å². The highest BCUT2D eigenvalue weighted by atomic mass is 35.5. The van der Waals surface area contributed by atoms with Crippen LogP contribution in [0.2, 0.25) is 5.28 Å². The lowest BCUT2D eigenvalue weighted by atomic mass is 10.1. The SMILES string of the molecule is Nc1nc(Cl)nc(NCCc2cc(F)cc(F)c2)n1. The third-order valence-corrected chi connectivity index (χ3v) is 2.41. The van der Waals surface area contributed by atoms with Crippen LogP contribution in [0.4, 0.5) is 20.7 Å². The molecule has 0 saturated carbocycles. The van der Waals surface area contributed by atoms with Crippen molar-refractivity contribution in [3.63, 3.8) is 0 Å². The number of anilines is 2. The Morgan fingerprint density at radius 3 is 2.42 bits per heavy atom. The molecule has 0 bridgehead atoms. The Morgan fingerprint density at radius 2 is 1.79 bits per heavy atom. The minimum absolute atomic E-state index is 0.000648. The van der Waals surface area contributed by atoms with Crippen LogP contribution < -0.4 is 11.1 Å². The maximum Gasteiger partial charge on any atom is 0.228 e. The lowest BCUT2D eigenvalue weighted by molar-refractivity contribution is 0.580. The van der Waals surface area contributed by atoms with Gasteiger partial charge in [-0.05, 0) is 35.7 Å². The summed E-state index contributed by atoms with van der Waals surface area (Å²) in [6.07, 6.45) is 0.401. The predicted molar refractivity (Wildman–Crippen MR) is 67.8 cm³/mol. The fraction of sp³-hybridized carbons (Fsp3) is 0.182. The van der Waals surface area contributed by atoms with Crippen molar-refractivity contribution in [1.82, 2.24) is 15.0 Å². The van der Waals surface area contributed by atoms with Crippen molar-refractivity contribution < 1.29 is 8.78 Å². The highest BCUT2D eigenvalue weighted by Gasteiger charge is 2.03. The van der Waals surface area contributed by atoms with Gasteiger partial charge in [0.15, 0.2) is 0 Å². The number of hydrogen-bond donors (Lipinski definition) is 2. The predicted octanol–water partition coefficient (Wildman–Crippen LogP) is 2.04. The molecule has 0 aliphatic rings. The van der Waals surface area contributed by atoms with E-state index in [0.717, 1.165) is 6.07 Å². The lowest BCUT2D eigenvalue weighted by Crippen LogP contribution is -2.10. The molecule has 8 heteroatoms. The molecule has 19 heavy (non-hydrogen) atoms. The smallest absolute Gasteiger partial charge is 0.228 e. The zero-order valence-corrected chi connectivity index (χ0v) is 10.5. The van der Waals surface area contributed by atoms with Crippen molar-refractivity contribution in [2.24, 2.45) is 0 Å². The van der Waals surface area contributed by atoms with Crippen molar-refractivity contribution in [2.45, 2.75) is 6.42 Å². The van der Waals surface area contributed by atoms with Gasteiger partial charge in [0.25, 0.3) is 0 Å². The third-order valence-electron chi connectivity index (χ3n) is 2.24. The van der Waals surface area contributed by atoms with Crippen LogP contribution >= 0.6 is 11.6 Å². The summed E-state index contributed by atoms with van der Waals surface area (Å²) in [6, 6.07) is 3.35. The summed E-state index contributed by atoms with van der Waals surface area (Å²) >= 11 is 5.61. The van der Waals surface area contributed by atoms with E-state index in [1.165, 1.54) is 12.1 Å². The minimum Gasteiger partial charge on any atom is -0.368 e. The number of aromatic nitrogens is 3. The fourth-order valence-electron chi connectivity index (χ4n) is 1.52. The zero-order valence-electron chi connectivity index (χ0n) is 9.70. The van der Waals surface area contributed by atoms with Crippen molar-refractivity contribution in [3.05, 3.63) is 40.7 Å². The van der Waals surface area contributed by atoms with Crippen molar-refractivity contribution in [3.8, 4) is 0 Å². The Morgan fingerprint density at radius 1 is 1.11 bits per heavy atom. The molecule has 0 unspecified atom stereocenters. The first-order chi connectivity index (χ1) is 9.02. The van der Waals surface area contributed by atoms with E-state index in [1.54, 1.807) is 0 Å². The number of nitrogens with zero attached hydrogens (tertiary/aromatic N) is 3. The second-order valence-corrected chi connectivity index (χ2v) is 4.08. The van der Waals surface area contributed by atoms with E-state index in [0.29, 0.717) is 18.5 Å². The van der Waals surface area contributed by atoms with Crippen LogP contribution in [0.15, 0.2) is 18.2 Å². The number of benzene rings is 1. The average Bonchev–Trinajstić information content (AvgIpc) is 2.26. The number of nitrogen functional groups attached to an aromatic ring is 1. The van der Waals surface area contributed by atoms with E-state index >= 15 is 0 Å². The maximum atomic E-state index is 13.0. The second-order valence-electron chi connectivity index (χ2n) is 3.74. The standard InChI is InChI=1S/C11H10ClF2N5/c12-9-17-10(15)19-11(18-9)16-2-1-6-3-7(13)5-8(14)4-6/h3-5H,1-2H2,(H3,15,16,17,18,19). The normalized spacial score (nSPS) is 10.5. The summed E-state index contributed by atoms with van der Waals surface area (Å²) in [6.45, 7) is 0.378. The van der Waals surface area contributed by atoms with Crippen molar-refractivity contribution in [2.75, 3.05) is 17.6 Å². The van der Waals surface area contributed by atoms with Crippen LogP contribution in [0.1, 0.15) is 5.56 Å². The summed E-state index contributed by atoms with van der Waals surface area (Å²) in [5, 5.41) is 2.82. The fourth-order valence-corrected chi connectivity index (χ4v) is 1.69. The molecule has 1 heterocycles. The minimum atomic E-state index is -0.609. The number of hydrogen-bond acceptors (Lipinski definition) is 5. The monoisotopic (exact) mass is 285 g/mol. The van der Waals surface area contributed by atoms with Gasteiger partial charge in [0.2, 0.25) is 17.2 Å². The van der Waals surface area contributed by atoms with Gasteiger partial charge in [-0.1, -0.05) is 0 Å². The highest BCUT2D eigenvalue weighted by molar-refractivity contribution is 6.28. The summed E-state index contributed by atoms with van der Waals surface area (Å²) in [7, 11) is 0. The van der Waals surface area contributed by atoms with Gasteiger partial charge < -0.3 is 11.1 Å². The molecular formula is C11H10ClF2N5. The highest BCUT2D eigenvalue weighted by Crippen LogP contribution is 2.10. The van der Waals surface area contributed by atoms with E-state index in [9.17, 15) is 8.78 Å². The van der Waals surface area contributed by atoms with Gasteiger partial charge in [0.05, 0.1) is 0 Å². The Hall–Kier alpha value is -2.02. The molecule has 0 saturated heterocycles. The summed E-state index contributed by atoms with van der Waals surface area (Å²) in [5.74, 6) is -1.00. The van der Waals surface area contributed by atoms with Gasteiger partial charge in [0, 0.05) is 12.6 Å². The summed E-state index contributed by atoms with van der Waals surface area (Å²) in [4.78, 5) is 11.2. The molecule has 0 spiro atoms. The Bertz CT molecular complexity index is 501. The van der Waals surface area contributed by atoms with Gasteiger partial charge in [-0.3, -0.25) is 0 Å². The number of rotatable bonds is 4. The Labute approximate surface area is 112 Å². The first-order valence-corrected chi connectivity index (χ1v) is 5.76. The van der Waals surface area contributed by atoms with Crippen molar-refractivity contribution in [1.29, 1.82) is 0 Å². The van der Waals surface area contributed by atoms with Crippen LogP contribution in [0.3, 0.4) is 0 Å². The van der Waals surface area contributed by atoms with Crippen molar-refractivity contribution >= 4 is 23.5 Å². The first kappa shape index (κ1) is 13.4. The van der Waals surface area contributed by atoms with E-state index in [2.05, 4.69) is 20.3 Å². The first-order valence-electron chi connectivity index (χ1n) is 5.39. The van der Waals surface area contributed by atoms with Crippen LogP contribution in [-0.4, -0.2) is 21.5 Å². The van der Waals surface area contributed by atoms with E-state index in [-0.39, 0.29) is 17.2 Å². The second kappa shape index (κ2) is 5.75. The molecule has 0 aliphatic carbocycles. The van der Waals surface area contributed by atoms with Crippen LogP contribution in [0, 0.1) is 11.6 Å². The third kappa shape index (κ3) is 3.99. The maximum absolute atomic E-state index is 13.0. The van der Waals surface area contributed by atoms with Crippen LogP contribution in [-0.2, 0) is 6.42 Å². The van der Waals surface area contributed by atoms with Gasteiger partial charge >= 0.3 is 0 Å². The molecule has 0 fully saturated rings. The van der Waals surface area contributed by atoms with Gasteiger partial charge in [-0.2, -0.15) is 15.0 Å². The van der Waals surface area contributed by atoms with E-state index in [4.69, 9.17) is 17.3 Å². The molecule has 100 valence electrons. The molecule has 3 N–H and O–H groups in total. The van der Waals surface area contributed by atoms with Crippen LogP contribution in [0.5, 0.6) is 0 Å². The summed E-state index contributed by atoms with van der Waals surface area (Å²) in [5.41, 5.74) is 5.92. The molecule has 0 atom stereocenters. The van der Waals surface area contributed by atoms with Gasteiger partial charge in [-0.25, -0.2) is 8.78 Å². The number of nitrogens with one attached hydrogen (secondary N) is 1. The van der Waals surface area contributed by atoms with Gasteiger partial charge in [-0.15, -0.1) is 0 Å². The molecule has 0 aliphatic heterocycles. The van der Waals surface area contributed by atoms with Crippen LogP contribution in [0.25, 0.3) is 0 Å². The Balaban J connectivity index is 1.96. The number of nitrogens with two attached hydrogens (primary N) is 1. The topological polar surface area (TPSA) is 76.7 Å². The molecule has 1 aromatic heterocycles. The molecule has 5 nitrogen and oxygen atoms in total. The molecular weight excluding hydrogens is 276 g/mol. The van der Waals surface area contributed by atoms with E-state index < -0.39 is 11.6 Å². The molecule has 1 aromatic carbocycles. The zero-order chi connectivity index (χ0) is 13.8. The quantitative estimate of drug-likeness (QED) is 0.899. The average molecular weight is 286 g/mol. The molecule has 2 aromatic rings. The number of halogens is 3. The Kier molecular flexibility index (Phi) is 4.06. The molecule has 0 amide bonds. The molecule has 2 rings (SSSR count). The largest absolute Gasteiger partial charge is 0.368 e. The molecule has 0 radical (unpaired) electrons. The lowest BCUT2D eigenvalue weighted by Gasteiger charge is -2.05. The summed E-state index contributed by atoms with van der Waals surface area (Å²) < 4.78 is 25.9. The van der Waals surface area contributed by atoms with Gasteiger partial charge in [0.1, 0.15) is 11.6 Å².